The van der Waals surface area contributed by atoms with Crippen molar-refractivity contribution in [1.82, 2.24) is 0 Å². The van der Waals surface area contributed by atoms with E-state index in [2.05, 4.69) is 34.6 Å². The Balaban J connectivity index is 5.22. The summed E-state index contributed by atoms with van der Waals surface area (Å²) >= 11 is 0. The van der Waals surface area contributed by atoms with Crippen LogP contribution in [0.1, 0.15) is 439 Å². The Morgan fingerprint density at radius 1 is 0.267 bits per heavy atom. The SMILES string of the molecule is CCCCCCCCCCCCCCCCCCCCC(=O)OC[C@H](COP(=O)(O)OC[C@@H](O)COP(=O)(O)OC[C@@H](COC(=O)CCCCCCCCCCC)OC(=O)CCCCCCCCCCCCCCCC(C)C)OC(=O)CCCCCCCCCCCCCCCCCCCC. The molecule has 0 heterocycles. The van der Waals surface area contributed by atoms with Crippen LogP contribution in [0.15, 0.2) is 0 Å². The summed E-state index contributed by atoms with van der Waals surface area (Å²) in [7, 11) is -9.92. The van der Waals surface area contributed by atoms with Gasteiger partial charge in [0.25, 0.3) is 0 Å². The van der Waals surface area contributed by atoms with Crippen molar-refractivity contribution in [2.75, 3.05) is 39.6 Å². The summed E-state index contributed by atoms with van der Waals surface area (Å²) in [5, 5.41) is 10.6. The average molecular weight is 1480 g/mol. The molecule has 0 aliphatic carbocycles. The summed E-state index contributed by atoms with van der Waals surface area (Å²) in [6.07, 6.45) is 66.6. The Kier molecular flexibility index (Phi) is 73.5. The molecule has 0 rings (SSSR count). The Morgan fingerprint density at radius 3 is 0.673 bits per heavy atom. The van der Waals surface area contributed by atoms with Crippen LogP contribution in [0.4, 0.5) is 0 Å². The fourth-order valence-corrected chi connectivity index (χ4v) is 14.3. The van der Waals surface area contributed by atoms with Crippen LogP contribution < -0.4 is 0 Å². The van der Waals surface area contributed by atoms with Gasteiger partial charge in [0.1, 0.15) is 19.3 Å². The third-order valence-electron chi connectivity index (χ3n) is 19.3. The van der Waals surface area contributed by atoms with Crippen LogP contribution in [0, 0.1) is 5.92 Å². The molecule has 0 fully saturated rings. The van der Waals surface area contributed by atoms with Crippen molar-refractivity contribution in [3.63, 3.8) is 0 Å². The highest BCUT2D eigenvalue weighted by atomic mass is 31.2. The molecule has 0 aromatic carbocycles. The van der Waals surface area contributed by atoms with E-state index < -0.39 is 97.5 Å². The normalized spacial score (nSPS) is 13.8. The van der Waals surface area contributed by atoms with Gasteiger partial charge in [-0.1, -0.05) is 388 Å². The molecule has 0 amide bonds. The van der Waals surface area contributed by atoms with Gasteiger partial charge >= 0.3 is 39.5 Å². The van der Waals surface area contributed by atoms with Gasteiger partial charge in [0.2, 0.25) is 0 Å². The molecule has 0 bridgehead atoms. The maximum Gasteiger partial charge on any atom is 0.472 e. The van der Waals surface area contributed by atoms with Crippen molar-refractivity contribution >= 4 is 39.5 Å². The number of phosphoric ester groups is 2. The highest BCUT2D eigenvalue weighted by molar-refractivity contribution is 7.47. The number of carbonyl (C=O) groups excluding carboxylic acids is 4. The lowest BCUT2D eigenvalue weighted by Crippen LogP contribution is -2.30. The average Bonchev–Trinajstić information content (AvgIpc) is 0.973. The molecular formula is C82H160O17P2. The van der Waals surface area contributed by atoms with Gasteiger partial charge in [-0.3, -0.25) is 37.3 Å². The number of aliphatic hydroxyl groups excluding tert-OH is 1. The quantitative estimate of drug-likeness (QED) is 0.0222. The largest absolute Gasteiger partial charge is 0.472 e. The van der Waals surface area contributed by atoms with Gasteiger partial charge in [-0.2, -0.15) is 0 Å². The number of phosphoric acid groups is 2. The van der Waals surface area contributed by atoms with Gasteiger partial charge < -0.3 is 33.8 Å². The standard InChI is InChI=1S/C82H160O17P2/c1-6-9-12-15-18-21-23-25-27-29-31-33-37-41-46-51-56-61-66-80(85)93-72-78(99-81(86)67-62-57-52-47-42-38-34-32-30-28-26-24-22-19-16-13-10-7-2)74-97-101(90,91)95-70-76(83)69-94-100(88,89)96-73-77(71-92-79(84)65-60-55-50-44-20-17-14-11-8-3)98-82(87)68-63-58-53-48-43-39-35-36-40-45-49-54-59-64-75(4)5/h75-78,83H,6-74H2,1-5H3,(H,88,89)(H,90,91)/t76-,77+,78+/m0/s1. The van der Waals surface area contributed by atoms with E-state index in [1.807, 2.05) is 0 Å². The van der Waals surface area contributed by atoms with Crippen molar-refractivity contribution in [2.45, 2.75) is 457 Å². The summed E-state index contributed by atoms with van der Waals surface area (Å²) in [5.74, 6) is -1.32. The lowest BCUT2D eigenvalue weighted by atomic mass is 10.0. The van der Waals surface area contributed by atoms with Crippen molar-refractivity contribution in [3.8, 4) is 0 Å². The second kappa shape index (κ2) is 74.9. The van der Waals surface area contributed by atoms with Crippen LogP contribution >= 0.6 is 15.6 Å². The van der Waals surface area contributed by atoms with E-state index in [1.165, 1.54) is 263 Å². The molecule has 0 aromatic heterocycles. The minimum atomic E-state index is -4.96. The molecule has 0 aliphatic rings. The van der Waals surface area contributed by atoms with E-state index in [9.17, 15) is 43.2 Å². The zero-order chi connectivity index (χ0) is 74.1. The topological polar surface area (TPSA) is 237 Å². The third kappa shape index (κ3) is 76.1. The van der Waals surface area contributed by atoms with Crippen molar-refractivity contribution in [3.05, 3.63) is 0 Å². The zero-order valence-corrected chi connectivity index (χ0v) is 67.8. The number of esters is 4. The monoisotopic (exact) mass is 1480 g/mol. The summed E-state index contributed by atoms with van der Waals surface area (Å²) in [4.78, 5) is 73.0. The van der Waals surface area contributed by atoms with Crippen LogP contribution in [-0.2, 0) is 65.4 Å². The van der Waals surface area contributed by atoms with E-state index in [-0.39, 0.29) is 25.7 Å². The van der Waals surface area contributed by atoms with Crippen LogP contribution in [-0.4, -0.2) is 96.7 Å². The van der Waals surface area contributed by atoms with Gasteiger partial charge in [-0.05, 0) is 31.6 Å². The minimum Gasteiger partial charge on any atom is -0.462 e. The molecule has 2 unspecified atom stereocenters. The van der Waals surface area contributed by atoms with Gasteiger partial charge in [0.15, 0.2) is 12.2 Å². The first kappa shape index (κ1) is 99.1. The predicted octanol–water partition coefficient (Wildman–Crippen LogP) is 24.8. The van der Waals surface area contributed by atoms with E-state index in [4.69, 9.17) is 37.0 Å². The maximum atomic E-state index is 13.1. The lowest BCUT2D eigenvalue weighted by molar-refractivity contribution is -0.161. The second-order valence-corrected chi connectivity index (χ2v) is 32.9. The van der Waals surface area contributed by atoms with Crippen LogP contribution in [0.3, 0.4) is 0 Å². The maximum absolute atomic E-state index is 13.1. The number of hydrogen-bond acceptors (Lipinski definition) is 15. The third-order valence-corrected chi connectivity index (χ3v) is 21.2. The minimum absolute atomic E-state index is 0.108. The van der Waals surface area contributed by atoms with Gasteiger partial charge in [0, 0.05) is 25.7 Å². The number of rotatable bonds is 82. The first-order chi connectivity index (χ1) is 49.0. The van der Waals surface area contributed by atoms with Gasteiger partial charge in [0.05, 0.1) is 26.4 Å². The summed E-state index contributed by atoms with van der Waals surface area (Å²) < 4.78 is 68.7. The van der Waals surface area contributed by atoms with E-state index in [0.29, 0.717) is 25.7 Å². The smallest absolute Gasteiger partial charge is 0.462 e. The molecule has 5 atom stereocenters. The molecule has 0 spiro atoms. The Bertz CT molecular complexity index is 1930. The van der Waals surface area contributed by atoms with E-state index in [1.54, 1.807) is 0 Å². The van der Waals surface area contributed by atoms with E-state index >= 15 is 0 Å². The summed E-state index contributed by atoms with van der Waals surface area (Å²) in [5.41, 5.74) is 0. The molecule has 17 nitrogen and oxygen atoms in total. The number of carbonyl (C=O) groups is 4. The first-order valence-electron chi connectivity index (χ1n) is 42.6. The van der Waals surface area contributed by atoms with E-state index in [0.717, 1.165) is 95.8 Å². The van der Waals surface area contributed by atoms with Gasteiger partial charge in [-0.15, -0.1) is 0 Å². The Labute approximate surface area is 619 Å². The predicted molar refractivity (Wildman–Crippen MR) is 414 cm³/mol. The highest BCUT2D eigenvalue weighted by Crippen LogP contribution is 2.45. The molecule has 0 saturated heterocycles. The van der Waals surface area contributed by atoms with Gasteiger partial charge in [-0.25, -0.2) is 9.13 Å². The number of hydrogen-bond donors (Lipinski definition) is 3. The fraction of sp³-hybridized carbons (Fsp3) is 0.951. The number of unbranched alkanes of at least 4 members (excludes halogenated alkanes) is 54. The molecule has 0 saturated carbocycles. The molecule has 0 aliphatic heterocycles. The summed E-state index contributed by atoms with van der Waals surface area (Å²) in [6.45, 7) is 7.34. The Morgan fingerprint density at radius 2 is 0.455 bits per heavy atom. The van der Waals surface area contributed by atoms with Crippen molar-refractivity contribution < 1.29 is 80.2 Å². The molecule has 0 aromatic rings. The molecule has 101 heavy (non-hydrogen) atoms. The lowest BCUT2D eigenvalue weighted by Gasteiger charge is -2.21. The molecule has 0 radical (unpaired) electrons. The first-order valence-corrected chi connectivity index (χ1v) is 45.6. The number of ether oxygens (including phenoxy) is 4. The van der Waals surface area contributed by atoms with Crippen molar-refractivity contribution in [2.24, 2.45) is 5.92 Å². The van der Waals surface area contributed by atoms with Crippen LogP contribution in [0.25, 0.3) is 0 Å². The highest BCUT2D eigenvalue weighted by Gasteiger charge is 2.30. The molecule has 19 heteroatoms. The number of aliphatic hydroxyl groups is 1. The zero-order valence-electron chi connectivity index (χ0n) is 66.1. The second-order valence-electron chi connectivity index (χ2n) is 30.0. The molecule has 600 valence electrons. The fourth-order valence-electron chi connectivity index (χ4n) is 12.8. The molecule has 3 N–H and O–H groups in total. The Hall–Kier alpha value is -1.94. The van der Waals surface area contributed by atoms with Crippen LogP contribution in [0.5, 0.6) is 0 Å². The summed E-state index contributed by atoms with van der Waals surface area (Å²) in [6, 6.07) is 0. The van der Waals surface area contributed by atoms with Crippen LogP contribution in [0.2, 0.25) is 0 Å². The molecular weight excluding hydrogens is 1320 g/mol. The van der Waals surface area contributed by atoms with Crippen molar-refractivity contribution in [1.29, 1.82) is 0 Å².